The molecule has 1 amide bonds. The molecule has 0 fully saturated rings. The quantitative estimate of drug-likeness (QED) is 0.781. The number of methoxy groups -OCH3 is 1. The summed E-state index contributed by atoms with van der Waals surface area (Å²) in [6.07, 6.45) is 1.53. The molecule has 0 saturated carbocycles. The third kappa shape index (κ3) is 3.57. The molecular weight excluding hydrogens is 311 g/mol. The van der Waals surface area contributed by atoms with E-state index in [1.165, 1.54) is 23.0 Å². The minimum atomic E-state index is -0.376. The molecule has 0 bridgehead atoms. The van der Waals surface area contributed by atoms with Gasteiger partial charge in [-0.3, -0.25) is 4.79 Å². The number of benzene rings is 2. The predicted octanol–water partition coefficient (Wildman–Crippen LogP) is 2.35. The number of hydrogen-bond donors (Lipinski definition) is 1. The number of rotatable bonds is 5. The smallest absolute Gasteiger partial charge is 0.273 e. The van der Waals surface area contributed by atoms with Crippen molar-refractivity contribution in [2.45, 2.75) is 6.54 Å². The van der Waals surface area contributed by atoms with E-state index in [9.17, 15) is 9.18 Å². The molecular formula is C17H15FN4O2. The van der Waals surface area contributed by atoms with Crippen molar-refractivity contribution in [2.24, 2.45) is 0 Å². The molecule has 0 atom stereocenters. The van der Waals surface area contributed by atoms with Gasteiger partial charge < -0.3 is 10.1 Å². The Labute approximate surface area is 137 Å². The van der Waals surface area contributed by atoms with E-state index in [2.05, 4.69) is 15.6 Å². The summed E-state index contributed by atoms with van der Waals surface area (Å²) in [5.41, 5.74) is 1.61. The van der Waals surface area contributed by atoms with Crippen LogP contribution in [0.4, 0.5) is 4.39 Å². The number of halogens is 1. The van der Waals surface area contributed by atoms with Crippen LogP contribution in [0.5, 0.6) is 5.75 Å². The van der Waals surface area contributed by atoms with Gasteiger partial charge in [0.25, 0.3) is 5.91 Å². The number of amides is 1. The molecule has 6 nitrogen and oxygen atoms in total. The summed E-state index contributed by atoms with van der Waals surface area (Å²) in [6, 6.07) is 13.2. The van der Waals surface area contributed by atoms with Crippen LogP contribution < -0.4 is 10.1 Å². The van der Waals surface area contributed by atoms with Gasteiger partial charge in [0.2, 0.25) is 0 Å². The minimum absolute atomic E-state index is 0.183. The highest BCUT2D eigenvalue weighted by Crippen LogP contribution is 2.14. The number of carbonyl (C=O) groups is 1. The molecule has 3 rings (SSSR count). The second-order valence-electron chi connectivity index (χ2n) is 5.06. The van der Waals surface area contributed by atoms with Gasteiger partial charge in [0, 0.05) is 6.54 Å². The van der Waals surface area contributed by atoms with Crippen LogP contribution in [0, 0.1) is 5.82 Å². The van der Waals surface area contributed by atoms with Crippen molar-refractivity contribution in [3.05, 3.63) is 71.8 Å². The van der Waals surface area contributed by atoms with Gasteiger partial charge in [0.15, 0.2) is 5.69 Å². The van der Waals surface area contributed by atoms with E-state index >= 15 is 0 Å². The van der Waals surface area contributed by atoms with E-state index < -0.39 is 0 Å². The van der Waals surface area contributed by atoms with Crippen molar-refractivity contribution in [2.75, 3.05) is 7.11 Å². The average molecular weight is 326 g/mol. The highest BCUT2D eigenvalue weighted by molar-refractivity contribution is 5.91. The van der Waals surface area contributed by atoms with Crippen molar-refractivity contribution in [1.29, 1.82) is 0 Å². The average Bonchev–Trinajstić information content (AvgIpc) is 3.10. The van der Waals surface area contributed by atoms with Gasteiger partial charge in [-0.15, -0.1) is 5.10 Å². The van der Waals surface area contributed by atoms with Gasteiger partial charge in [-0.05, 0) is 42.0 Å². The molecule has 7 heteroatoms. The van der Waals surface area contributed by atoms with Gasteiger partial charge in [0.05, 0.1) is 19.0 Å². The number of ether oxygens (including phenoxy) is 1. The van der Waals surface area contributed by atoms with E-state index in [0.29, 0.717) is 5.56 Å². The number of aromatic nitrogens is 3. The van der Waals surface area contributed by atoms with E-state index in [0.717, 1.165) is 11.4 Å². The highest BCUT2D eigenvalue weighted by atomic mass is 19.1. The Morgan fingerprint density at radius 2 is 2.04 bits per heavy atom. The van der Waals surface area contributed by atoms with E-state index in [1.807, 2.05) is 12.1 Å². The van der Waals surface area contributed by atoms with Crippen LogP contribution in [0.1, 0.15) is 16.1 Å². The van der Waals surface area contributed by atoms with Crippen LogP contribution >= 0.6 is 0 Å². The molecule has 3 aromatic rings. The Bertz CT molecular complexity index is 846. The highest BCUT2D eigenvalue weighted by Gasteiger charge is 2.11. The largest absolute Gasteiger partial charge is 0.497 e. The van der Waals surface area contributed by atoms with Crippen LogP contribution in [-0.2, 0) is 6.54 Å². The van der Waals surface area contributed by atoms with Gasteiger partial charge in [-0.25, -0.2) is 9.07 Å². The molecule has 2 aromatic carbocycles. The number of hydrogen-bond acceptors (Lipinski definition) is 4. The first-order chi connectivity index (χ1) is 11.7. The molecule has 0 radical (unpaired) electrons. The van der Waals surface area contributed by atoms with Crippen molar-refractivity contribution in [3.63, 3.8) is 0 Å². The standard InChI is InChI=1S/C17H15FN4O2/c1-24-15-7-5-14(6-8-15)22-11-16(20-21-22)17(23)19-10-12-3-2-4-13(18)9-12/h2-9,11H,10H2,1H3,(H,19,23). The molecule has 1 heterocycles. The lowest BCUT2D eigenvalue weighted by molar-refractivity contribution is 0.0946. The third-order valence-electron chi connectivity index (χ3n) is 3.41. The molecule has 0 aliphatic heterocycles. The van der Waals surface area contributed by atoms with Gasteiger partial charge in [-0.2, -0.15) is 0 Å². The van der Waals surface area contributed by atoms with Gasteiger partial charge in [0.1, 0.15) is 11.6 Å². The zero-order valence-corrected chi connectivity index (χ0v) is 12.9. The lowest BCUT2D eigenvalue weighted by atomic mass is 10.2. The van der Waals surface area contributed by atoms with E-state index in [-0.39, 0.29) is 24.0 Å². The maximum Gasteiger partial charge on any atom is 0.273 e. The fourth-order valence-corrected chi connectivity index (χ4v) is 2.15. The first-order valence-corrected chi connectivity index (χ1v) is 7.25. The lowest BCUT2D eigenvalue weighted by Gasteiger charge is -2.03. The molecule has 0 unspecified atom stereocenters. The summed E-state index contributed by atoms with van der Waals surface area (Å²) in [6.45, 7) is 0.214. The van der Waals surface area contributed by atoms with Crippen molar-refractivity contribution >= 4 is 5.91 Å². The first-order valence-electron chi connectivity index (χ1n) is 7.25. The Hall–Kier alpha value is -3.22. The third-order valence-corrected chi connectivity index (χ3v) is 3.41. The summed E-state index contributed by atoms with van der Waals surface area (Å²) in [5, 5.41) is 10.5. The molecule has 1 aromatic heterocycles. The Morgan fingerprint density at radius 1 is 1.25 bits per heavy atom. The predicted molar refractivity (Wildman–Crippen MR) is 85.5 cm³/mol. The van der Waals surface area contributed by atoms with Gasteiger partial charge >= 0.3 is 0 Å². The number of nitrogens with zero attached hydrogens (tertiary/aromatic N) is 3. The number of nitrogens with one attached hydrogen (secondary N) is 1. The second-order valence-corrected chi connectivity index (χ2v) is 5.06. The van der Waals surface area contributed by atoms with Crippen molar-refractivity contribution < 1.29 is 13.9 Å². The second kappa shape index (κ2) is 6.91. The monoisotopic (exact) mass is 326 g/mol. The van der Waals surface area contributed by atoms with Crippen LogP contribution in [0.2, 0.25) is 0 Å². The maximum atomic E-state index is 13.1. The molecule has 0 aliphatic rings. The summed E-state index contributed by atoms with van der Waals surface area (Å²) >= 11 is 0. The molecule has 122 valence electrons. The fourth-order valence-electron chi connectivity index (χ4n) is 2.15. The lowest BCUT2D eigenvalue weighted by Crippen LogP contribution is -2.23. The van der Waals surface area contributed by atoms with Crippen LogP contribution in [-0.4, -0.2) is 28.0 Å². The topological polar surface area (TPSA) is 69.0 Å². The van der Waals surface area contributed by atoms with Crippen LogP contribution in [0.15, 0.2) is 54.7 Å². The molecule has 24 heavy (non-hydrogen) atoms. The van der Waals surface area contributed by atoms with E-state index in [4.69, 9.17) is 4.74 Å². The zero-order chi connectivity index (χ0) is 16.9. The summed E-state index contributed by atoms with van der Waals surface area (Å²) in [5.74, 6) is 0.0122. The van der Waals surface area contributed by atoms with E-state index in [1.54, 1.807) is 31.4 Å². The summed E-state index contributed by atoms with van der Waals surface area (Å²) in [7, 11) is 1.59. The van der Waals surface area contributed by atoms with Crippen LogP contribution in [0.25, 0.3) is 5.69 Å². The van der Waals surface area contributed by atoms with Crippen molar-refractivity contribution in [1.82, 2.24) is 20.3 Å². The SMILES string of the molecule is COc1ccc(-n2cc(C(=O)NCc3cccc(F)c3)nn2)cc1. The van der Waals surface area contributed by atoms with Gasteiger partial charge in [-0.1, -0.05) is 17.3 Å². The Morgan fingerprint density at radius 3 is 2.75 bits per heavy atom. The Kier molecular flexibility index (Phi) is 4.51. The van der Waals surface area contributed by atoms with Crippen LogP contribution in [0.3, 0.4) is 0 Å². The number of carbonyl (C=O) groups excluding carboxylic acids is 1. The van der Waals surface area contributed by atoms with Crippen molar-refractivity contribution in [3.8, 4) is 11.4 Å². The maximum absolute atomic E-state index is 13.1. The minimum Gasteiger partial charge on any atom is -0.497 e. The zero-order valence-electron chi connectivity index (χ0n) is 12.9. The fraction of sp³-hybridized carbons (Fsp3) is 0.118. The molecule has 0 spiro atoms. The first kappa shape index (κ1) is 15.7. The summed E-state index contributed by atoms with van der Waals surface area (Å²) in [4.78, 5) is 12.1. The molecule has 0 saturated heterocycles. The Balaban J connectivity index is 1.66. The normalized spacial score (nSPS) is 10.4. The molecule has 0 aliphatic carbocycles. The molecule has 1 N–H and O–H groups in total. The summed E-state index contributed by atoms with van der Waals surface area (Å²) < 4.78 is 19.7.